The minimum absolute atomic E-state index is 0.272. The maximum Gasteiger partial charge on any atom is 0.216 e. The summed E-state index contributed by atoms with van der Waals surface area (Å²) in [5.41, 5.74) is 6.88. The Morgan fingerprint density at radius 1 is 0.622 bits per heavy atom. The van der Waals surface area contributed by atoms with E-state index in [0.717, 1.165) is 43.9 Å². The standard InChI is InChI=1S/C32H22F2NO2/c1-17-8-10-22-23-12-13-24(33)30(19-9-11-21-20-6-4-5-7-27(20)36-28(21)15-19)32(23)37-31(22)29(17)26-14-18(2)25(34)16-35(26)3/h4-16H,1-3H3/q+1. The lowest BCUT2D eigenvalue weighted by Crippen LogP contribution is -2.31. The molecule has 5 heteroatoms. The van der Waals surface area contributed by atoms with Gasteiger partial charge in [0.15, 0.2) is 5.82 Å². The largest absolute Gasteiger partial charge is 0.456 e. The van der Waals surface area contributed by atoms with Gasteiger partial charge in [0, 0.05) is 27.6 Å². The molecule has 0 aliphatic rings. The molecule has 3 nitrogen and oxygen atoms in total. The monoisotopic (exact) mass is 490 g/mol. The lowest BCUT2D eigenvalue weighted by atomic mass is 9.98. The molecule has 0 N–H and O–H groups in total. The van der Waals surface area contributed by atoms with Gasteiger partial charge in [-0.25, -0.2) is 8.78 Å². The number of hydrogen-bond donors (Lipinski definition) is 0. The first kappa shape index (κ1) is 21.7. The van der Waals surface area contributed by atoms with Crippen LogP contribution >= 0.6 is 0 Å². The van der Waals surface area contributed by atoms with Crippen molar-refractivity contribution >= 4 is 43.9 Å². The Balaban J connectivity index is 1.53. The Hall–Kier alpha value is -4.51. The molecule has 7 rings (SSSR count). The van der Waals surface area contributed by atoms with Crippen molar-refractivity contribution in [3.63, 3.8) is 0 Å². The van der Waals surface area contributed by atoms with Gasteiger partial charge >= 0.3 is 0 Å². The van der Waals surface area contributed by atoms with E-state index in [-0.39, 0.29) is 11.6 Å². The molecule has 0 fully saturated rings. The fourth-order valence-corrected chi connectivity index (χ4v) is 5.41. The van der Waals surface area contributed by atoms with Crippen LogP contribution in [0, 0.1) is 25.5 Å². The molecule has 0 amide bonds. The second-order valence-electron chi connectivity index (χ2n) is 9.64. The van der Waals surface area contributed by atoms with Gasteiger partial charge in [0.2, 0.25) is 11.9 Å². The molecule has 0 aliphatic heterocycles. The van der Waals surface area contributed by atoms with Crippen LogP contribution in [0.25, 0.3) is 66.3 Å². The molecular formula is C32H22F2NO2+. The Labute approximate surface area is 211 Å². The molecule has 3 heterocycles. The third-order valence-corrected chi connectivity index (χ3v) is 7.31. The van der Waals surface area contributed by atoms with Crippen molar-refractivity contribution in [1.29, 1.82) is 0 Å². The molecule has 0 atom stereocenters. The summed E-state index contributed by atoms with van der Waals surface area (Å²) < 4.78 is 44.0. The van der Waals surface area contributed by atoms with Crippen molar-refractivity contribution in [2.24, 2.45) is 7.05 Å². The van der Waals surface area contributed by atoms with E-state index in [4.69, 9.17) is 8.83 Å². The van der Waals surface area contributed by atoms with Crippen LogP contribution in [0.5, 0.6) is 0 Å². The van der Waals surface area contributed by atoms with Gasteiger partial charge in [0.25, 0.3) is 0 Å². The van der Waals surface area contributed by atoms with Crippen molar-refractivity contribution in [2.75, 3.05) is 0 Å². The molecule has 0 saturated carbocycles. The second-order valence-corrected chi connectivity index (χ2v) is 9.64. The quantitative estimate of drug-likeness (QED) is 0.227. The molecule has 37 heavy (non-hydrogen) atoms. The Morgan fingerprint density at radius 2 is 1.32 bits per heavy atom. The van der Waals surface area contributed by atoms with Gasteiger partial charge in [-0.1, -0.05) is 36.4 Å². The number of aromatic nitrogens is 1. The lowest BCUT2D eigenvalue weighted by molar-refractivity contribution is -0.662. The van der Waals surface area contributed by atoms with Crippen LogP contribution in [0.3, 0.4) is 0 Å². The summed E-state index contributed by atoms with van der Waals surface area (Å²) in [6.07, 6.45) is 1.47. The summed E-state index contributed by atoms with van der Waals surface area (Å²) in [6, 6.07) is 22.7. The number of para-hydroxylation sites is 1. The van der Waals surface area contributed by atoms with Gasteiger partial charge in [0.05, 0.1) is 11.1 Å². The summed E-state index contributed by atoms with van der Waals surface area (Å²) in [5.74, 6) is -0.644. The highest BCUT2D eigenvalue weighted by Gasteiger charge is 2.24. The number of benzene rings is 4. The van der Waals surface area contributed by atoms with Crippen LogP contribution in [0.4, 0.5) is 8.78 Å². The maximum atomic E-state index is 15.5. The fourth-order valence-electron chi connectivity index (χ4n) is 5.41. The average Bonchev–Trinajstić information content (AvgIpc) is 3.44. The number of halogens is 2. The van der Waals surface area contributed by atoms with Crippen molar-refractivity contribution in [3.8, 4) is 22.4 Å². The van der Waals surface area contributed by atoms with E-state index in [1.54, 1.807) is 17.6 Å². The summed E-state index contributed by atoms with van der Waals surface area (Å²) >= 11 is 0. The first-order valence-electron chi connectivity index (χ1n) is 12.1. The number of rotatable bonds is 2. The van der Waals surface area contributed by atoms with Crippen LogP contribution in [-0.4, -0.2) is 0 Å². The predicted octanol–water partition coefficient (Wildman–Crippen LogP) is 8.54. The summed E-state index contributed by atoms with van der Waals surface area (Å²) in [6.45, 7) is 3.74. The average molecular weight is 491 g/mol. The zero-order chi connectivity index (χ0) is 25.4. The molecule has 7 aromatic rings. The van der Waals surface area contributed by atoms with Crippen LogP contribution in [0.15, 0.2) is 87.8 Å². The zero-order valence-corrected chi connectivity index (χ0v) is 20.5. The maximum absolute atomic E-state index is 15.5. The predicted molar refractivity (Wildman–Crippen MR) is 142 cm³/mol. The topological polar surface area (TPSA) is 30.2 Å². The highest BCUT2D eigenvalue weighted by molar-refractivity contribution is 6.14. The van der Waals surface area contributed by atoms with Crippen molar-refractivity contribution in [3.05, 3.63) is 102 Å². The highest BCUT2D eigenvalue weighted by Crippen LogP contribution is 2.42. The van der Waals surface area contributed by atoms with E-state index < -0.39 is 0 Å². The van der Waals surface area contributed by atoms with E-state index in [9.17, 15) is 4.39 Å². The molecule has 4 aromatic carbocycles. The SMILES string of the molecule is Cc1cc(-c2c(C)ccc3c2oc2c(-c4ccc5c(c4)oc4ccccc45)c(F)ccc23)[n+](C)cc1F. The minimum atomic E-state index is -0.372. The van der Waals surface area contributed by atoms with Crippen molar-refractivity contribution in [1.82, 2.24) is 0 Å². The number of nitrogens with zero attached hydrogens (tertiary/aromatic N) is 1. The van der Waals surface area contributed by atoms with Gasteiger partial charge in [-0.05, 0) is 60.9 Å². The Kier molecular flexibility index (Phi) is 4.55. The number of aryl methyl sites for hydroxylation is 3. The molecule has 3 aromatic heterocycles. The van der Waals surface area contributed by atoms with Gasteiger partial charge < -0.3 is 8.83 Å². The van der Waals surface area contributed by atoms with Crippen LogP contribution in [0.1, 0.15) is 11.1 Å². The van der Waals surface area contributed by atoms with E-state index in [1.807, 2.05) is 74.6 Å². The number of pyridine rings is 1. The number of fused-ring (bicyclic) bond motifs is 6. The Morgan fingerprint density at radius 3 is 2.16 bits per heavy atom. The molecule has 0 radical (unpaired) electrons. The van der Waals surface area contributed by atoms with E-state index in [0.29, 0.717) is 33.4 Å². The van der Waals surface area contributed by atoms with Gasteiger partial charge in [0.1, 0.15) is 35.2 Å². The van der Waals surface area contributed by atoms with Crippen LogP contribution < -0.4 is 4.57 Å². The van der Waals surface area contributed by atoms with Crippen molar-refractivity contribution in [2.45, 2.75) is 13.8 Å². The first-order valence-corrected chi connectivity index (χ1v) is 12.1. The lowest BCUT2D eigenvalue weighted by Gasteiger charge is -2.07. The highest BCUT2D eigenvalue weighted by atomic mass is 19.1. The van der Waals surface area contributed by atoms with Gasteiger partial charge in [-0.2, -0.15) is 4.57 Å². The fraction of sp³-hybridized carbons (Fsp3) is 0.0938. The summed E-state index contributed by atoms with van der Waals surface area (Å²) in [7, 11) is 1.81. The number of hydrogen-bond acceptors (Lipinski definition) is 2. The molecule has 0 bridgehead atoms. The van der Waals surface area contributed by atoms with Crippen LogP contribution in [-0.2, 0) is 7.05 Å². The zero-order valence-electron chi connectivity index (χ0n) is 20.5. The molecule has 0 aliphatic carbocycles. The van der Waals surface area contributed by atoms with E-state index >= 15 is 4.39 Å². The van der Waals surface area contributed by atoms with E-state index in [1.165, 1.54) is 12.3 Å². The van der Waals surface area contributed by atoms with Crippen molar-refractivity contribution < 1.29 is 22.2 Å². The molecule has 0 saturated heterocycles. The molecule has 0 spiro atoms. The molecular weight excluding hydrogens is 468 g/mol. The van der Waals surface area contributed by atoms with E-state index in [2.05, 4.69) is 0 Å². The van der Waals surface area contributed by atoms with Gasteiger partial charge in [-0.15, -0.1) is 0 Å². The van der Waals surface area contributed by atoms with Gasteiger partial charge in [-0.3, -0.25) is 0 Å². The molecule has 0 unspecified atom stereocenters. The molecule has 180 valence electrons. The summed E-state index contributed by atoms with van der Waals surface area (Å²) in [4.78, 5) is 0. The van der Waals surface area contributed by atoms with Crippen LogP contribution in [0.2, 0.25) is 0 Å². The second kappa shape index (κ2) is 7.74. The minimum Gasteiger partial charge on any atom is -0.456 e. The smallest absolute Gasteiger partial charge is 0.216 e. The Bertz CT molecular complexity index is 2050. The normalized spacial score (nSPS) is 11.9. The third-order valence-electron chi connectivity index (χ3n) is 7.31. The number of furan rings is 2. The third kappa shape index (κ3) is 3.13. The first-order chi connectivity index (χ1) is 17.9. The summed E-state index contributed by atoms with van der Waals surface area (Å²) in [5, 5.41) is 3.70.